The van der Waals surface area contributed by atoms with Gasteiger partial charge in [0, 0.05) is 15.8 Å². The first-order chi connectivity index (χ1) is 12.4. The number of aromatic nitrogens is 1. The lowest BCUT2D eigenvalue weighted by Gasteiger charge is -2.16. The molecule has 1 aromatic heterocycles. The van der Waals surface area contributed by atoms with E-state index in [-0.39, 0.29) is 11.8 Å². The minimum Gasteiger partial charge on any atom is -0.459 e. The number of ether oxygens (including phenoxy) is 1. The number of thioether (sulfide) groups is 2. The Labute approximate surface area is 165 Å². The maximum absolute atomic E-state index is 12.2. The quantitative estimate of drug-likeness (QED) is 0.391. The highest BCUT2D eigenvalue weighted by Gasteiger charge is 2.21. The molecule has 1 atom stereocenters. The molecule has 0 fully saturated rings. The lowest BCUT2D eigenvalue weighted by molar-refractivity contribution is -0.147. The zero-order chi connectivity index (χ0) is 19.1. The van der Waals surface area contributed by atoms with Crippen molar-refractivity contribution >= 4 is 58.0 Å². The molecule has 140 valence electrons. The predicted octanol–water partition coefficient (Wildman–Crippen LogP) is 3.44. The first-order valence-electron chi connectivity index (χ1n) is 7.79. The summed E-state index contributed by atoms with van der Waals surface area (Å²) in [7, 11) is 0. The van der Waals surface area contributed by atoms with Gasteiger partial charge < -0.3 is 15.8 Å². The summed E-state index contributed by atoms with van der Waals surface area (Å²) in [5, 5.41) is 3.60. The second-order valence-electron chi connectivity index (χ2n) is 5.45. The van der Waals surface area contributed by atoms with Gasteiger partial charge in [-0.3, -0.25) is 0 Å². The summed E-state index contributed by atoms with van der Waals surface area (Å²) in [5.74, 6) is 0.141. The minimum atomic E-state index is -0.781. The lowest BCUT2D eigenvalue weighted by Crippen LogP contribution is -2.44. The Morgan fingerprint density at radius 1 is 1.35 bits per heavy atom. The Balaban J connectivity index is 2.10. The Kier molecular flexibility index (Phi) is 7.86. The molecule has 9 heteroatoms. The van der Waals surface area contributed by atoms with Crippen LogP contribution in [0.5, 0.6) is 0 Å². The van der Waals surface area contributed by atoms with Crippen LogP contribution in [0.25, 0.3) is 10.9 Å². The zero-order valence-corrected chi connectivity index (χ0v) is 16.8. The molecule has 0 aliphatic heterocycles. The molecule has 26 heavy (non-hydrogen) atoms. The van der Waals surface area contributed by atoms with Gasteiger partial charge in [0.1, 0.15) is 17.8 Å². The average molecular weight is 414 g/mol. The van der Waals surface area contributed by atoms with Gasteiger partial charge in [0.15, 0.2) is 0 Å². The number of carbonyl (C=O) groups is 2. The molecule has 0 bridgehead atoms. The summed E-state index contributed by atoms with van der Waals surface area (Å²) < 4.78 is 5.32. The summed E-state index contributed by atoms with van der Waals surface area (Å²) >= 11 is 9.41. The number of benzene rings is 1. The summed E-state index contributed by atoms with van der Waals surface area (Å²) in [6.45, 7) is -0.0267. The van der Waals surface area contributed by atoms with Gasteiger partial charge in [0.25, 0.3) is 0 Å². The third-order valence-corrected chi connectivity index (χ3v) is 5.33. The number of hydrogen-bond donors (Lipinski definition) is 2. The Hall–Kier alpha value is -1.64. The topological polar surface area (TPSA) is 94.3 Å². The maximum Gasteiger partial charge on any atom is 0.329 e. The standard InChI is InChI=1S/C17H20ClN3O3S2/c1-25-6-5-13(21-17(19)23)16(22)24-9-11-7-10-3-4-12(26-2)8-14(10)20-15(11)18/h3-4,7-8,13H,5-6,9H2,1-2H3,(H3,19,21,23)/t13-/m0/s1. The summed E-state index contributed by atoms with van der Waals surface area (Å²) in [4.78, 5) is 28.8. The van der Waals surface area contributed by atoms with Crippen LogP contribution in [0.1, 0.15) is 12.0 Å². The molecule has 6 nitrogen and oxygen atoms in total. The number of amides is 2. The van der Waals surface area contributed by atoms with Crippen molar-refractivity contribution in [2.75, 3.05) is 18.3 Å². The normalized spacial score (nSPS) is 12.0. The molecule has 0 saturated heterocycles. The fraction of sp³-hybridized carbons (Fsp3) is 0.353. The Morgan fingerprint density at radius 3 is 2.77 bits per heavy atom. The second-order valence-corrected chi connectivity index (χ2v) is 7.67. The van der Waals surface area contributed by atoms with E-state index in [9.17, 15) is 9.59 Å². The molecule has 0 spiro atoms. The van der Waals surface area contributed by atoms with Crippen molar-refractivity contribution in [1.29, 1.82) is 0 Å². The van der Waals surface area contributed by atoms with E-state index in [0.29, 0.717) is 17.7 Å². The highest BCUT2D eigenvalue weighted by atomic mass is 35.5. The van der Waals surface area contributed by atoms with E-state index in [4.69, 9.17) is 22.1 Å². The number of fused-ring (bicyclic) bond motifs is 1. The van der Waals surface area contributed by atoms with E-state index < -0.39 is 18.0 Å². The number of nitrogens with zero attached hydrogens (tertiary/aromatic N) is 1. The summed E-state index contributed by atoms with van der Waals surface area (Å²) in [5.41, 5.74) is 6.51. The molecule has 2 aromatic rings. The SMILES string of the molecule is CSCC[C@H](NC(N)=O)C(=O)OCc1cc2ccc(SC)cc2nc1Cl. The second kappa shape index (κ2) is 9.89. The zero-order valence-electron chi connectivity index (χ0n) is 14.5. The molecule has 2 amide bonds. The van der Waals surface area contributed by atoms with Gasteiger partial charge in [0.05, 0.1) is 5.52 Å². The monoisotopic (exact) mass is 413 g/mol. The first kappa shape index (κ1) is 20.7. The van der Waals surface area contributed by atoms with Gasteiger partial charge in [0.2, 0.25) is 0 Å². The molecule has 0 radical (unpaired) electrons. The van der Waals surface area contributed by atoms with Crippen LogP contribution in [0, 0.1) is 0 Å². The largest absolute Gasteiger partial charge is 0.459 e. The lowest BCUT2D eigenvalue weighted by atomic mass is 10.1. The number of nitrogens with two attached hydrogens (primary N) is 1. The molecule has 1 aromatic carbocycles. The number of hydrogen-bond acceptors (Lipinski definition) is 6. The van der Waals surface area contributed by atoms with Crippen molar-refractivity contribution in [1.82, 2.24) is 10.3 Å². The van der Waals surface area contributed by atoms with Crippen molar-refractivity contribution in [2.24, 2.45) is 5.73 Å². The van der Waals surface area contributed by atoms with E-state index in [2.05, 4.69) is 10.3 Å². The van der Waals surface area contributed by atoms with Crippen molar-refractivity contribution in [3.05, 3.63) is 35.0 Å². The summed E-state index contributed by atoms with van der Waals surface area (Å²) in [6, 6.07) is 6.20. The highest BCUT2D eigenvalue weighted by Crippen LogP contribution is 2.25. The smallest absolute Gasteiger partial charge is 0.329 e. The number of primary amides is 1. The number of pyridine rings is 1. The maximum atomic E-state index is 12.2. The van der Waals surface area contributed by atoms with Crippen LogP contribution in [0.3, 0.4) is 0 Å². The van der Waals surface area contributed by atoms with Crippen LogP contribution >= 0.6 is 35.1 Å². The molecule has 0 saturated carbocycles. The van der Waals surface area contributed by atoms with Crippen LogP contribution < -0.4 is 11.1 Å². The van der Waals surface area contributed by atoms with Crippen LogP contribution in [0.15, 0.2) is 29.2 Å². The Morgan fingerprint density at radius 2 is 2.12 bits per heavy atom. The van der Waals surface area contributed by atoms with Gasteiger partial charge in [-0.25, -0.2) is 14.6 Å². The molecule has 0 aliphatic rings. The predicted molar refractivity (Wildman–Crippen MR) is 108 cm³/mol. The molecular formula is C17H20ClN3O3S2. The van der Waals surface area contributed by atoms with Gasteiger partial charge in [-0.15, -0.1) is 11.8 Å². The van der Waals surface area contributed by atoms with E-state index >= 15 is 0 Å². The van der Waals surface area contributed by atoms with Crippen molar-refractivity contribution in [3.63, 3.8) is 0 Å². The molecule has 1 heterocycles. The van der Waals surface area contributed by atoms with Crippen LogP contribution in [-0.2, 0) is 16.1 Å². The number of halogens is 1. The highest BCUT2D eigenvalue weighted by molar-refractivity contribution is 7.98. The number of esters is 1. The fourth-order valence-corrected chi connectivity index (χ4v) is 3.41. The van der Waals surface area contributed by atoms with Crippen molar-refractivity contribution in [3.8, 4) is 0 Å². The number of nitrogens with one attached hydrogen (secondary N) is 1. The third kappa shape index (κ3) is 5.69. The minimum absolute atomic E-state index is 0.0267. The molecule has 0 aliphatic carbocycles. The average Bonchev–Trinajstić information content (AvgIpc) is 2.62. The van der Waals surface area contributed by atoms with Crippen molar-refractivity contribution in [2.45, 2.75) is 24.0 Å². The molecule has 2 rings (SSSR count). The molecule has 0 unspecified atom stereocenters. The van der Waals surface area contributed by atoms with E-state index in [1.54, 1.807) is 23.5 Å². The number of urea groups is 1. The third-order valence-electron chi connectivity index (χ3n) is 3.63. The Bertz CT molecular complexity index is 804. The number of rotatable bonds is 8. The molecular weight excluding hydrogens is 394 g/mol. The van der Waals surface area contributed by atoms with Crippen LogP contribution in [-0.4, -0.2) is 41.3 Å². The van der Waals surface area contributed by atoms with Gasteiger partial charge in [-0.1, -0.05) is 17.7 Å². The van der Waals surface area contributed by atoms with Crippen LogP contribution in [0.2, 0.25) is 5.15 Å². The van der Waals surface area contributed by atoms with Gasteiger partial charge in [-0.05, 0) is 42.9 Å². The fourth-order valence-electron chi connectivity index (χ4n) is 2.30. The van der Waals surface area contributed by atoms with Crippen molar-refractivity contribution < 1.29 is 14.3 Å². The van der Waals surface area contributed by atoms with Gasteiger partial charge in [-0.2, -0.15) is 11.8 Å². The number of carbonyl (C=O) groups excluding carboxylic acids is 2. The molecule has 3 N–H and O–H groups in total. The van der Waals surface area contributed by atoms with Crippen LogP contribution in [0.4, 0.5) is 4.79 Å². The van der Waals surface area contributed by atoms with E-state index in [1.165, 1.54) is 0 Å². The van der Waals surface area contributed by atoms with E-state index in [1.807, 2.05) is 36.8 Å². The van der Waals surface area contributed by atoms with E-state index in [0.717, 1.165) is 15.8 Å². The first-order valence-corrected chi connectivity index (χ1v) is 10.8. The van der Waals surface area contributed by atoms with Gasteiger partial charge >= 0.3 is 12.0 Å². The summed E-state index contributed by atoms with van der Waals surface area (Å²) in [6.07, 6.45) is 4.34.